The van der Waals surface area contributed by atoms with Crippen molar-refractivity contribution in [1.82, 2.24) is 0 Å². The van der Waals surface area contributed by atoms with E-state index in [1.165, 1.54) is 0 Å². The number of nitrogens with one attached hydrogen (secondary N) is 1. The van der Waals surface area contributed by atoms with E-state index in [4.69, 9.17) is 11.6 Å². The van der Waals surface area contributed by atoms with Crippen molar-refractivity contribution in [3.8, 4) is 0 Å². The number of amides is 1. The molecule has 0 radical (unpaired) electrons. The van der Waals surface area contributed by atoms with Crippen molar-refractivity contribution >= 4 is 55.1 Å². The Morgan fingerprint density at radius 2 is 2.20 bits per heavy atom. The second-order valence-corrected chi connectivity index (χ2v) is 5.25. The number of hydrogen-bond donors (Lipinski definition) is 1. The Morgan fingerprint density at radius 1 is 1.53 bits per heavy atom. The summed E-state index contributed by atoms with van der Waals surface area (Å²) in [6.07, 6.45) is 0. The molecule has 0 aliphatic heterocycles. The average Bonchev–Trinajstić information content (AvgIpc) is 2.22. The summed E-state index contributed by atoms with van der Waals surface area (Å²) in [6.45, 7) is 1.79. The first kappa shape index (κ1) is 13.0. The molecule has 0 heterocycles. The minimum absolute atomic E-state index is 0.0798. The van der Waals surface area contributed by atoms with E-state index < -0.39 is 0 Å². The Balaban J connectivity index is 2.80. The fraction of sp³-hybridized carbons (Fsp3) is 0.300. The van der Waals surface area contributed by atoms with Crippen molar-refractivity contribution < 1.29 is 4.79 Å². The van der Waals surface area contributed by atoms with Crippen LogP contribution in [0.1, 0.15) is 6.92 Å². The van der Waals surface area contributed by atoms with Gasteiger partial charge in [0.1, 0.15) is 0 Å². The molecule has 0 spiro atoms. The summed E-state index contributed by atoms with van der Waals surface area (Å²) in [5.41, 5.74) is 0.742. The van der Waals surface area contributed by atoms with Crippen LogP contribution in [-0.4, -0.2) is 11.8 Å². The fourth-order valence-corrected chi connectivity index (χ4v) is 1.77. The number of anilines is 1. The molecule has 0 aliphatic rings. The summed E-state index contributed by atoms with van der Waals surface area (Å²) < 4.78 is 1.76. The molecule has 0 aliphatic carbocycles. The van der Waals surface area contributed by atoms with E-state index in [0.29, 0.717) is 5.88 Å². The molecule has 5 heteroatoms. The van der Waals surface area contributed by atoms with Gasteiger partial charge in [0.05, 0.1) is 5.69 Å². The summed E-state index contributed by atoms with van der Waals surface area (Å²) in [5.74, 6) is 0.0404. The second kappa shape index (κ2) is 5.87. The van der Waals surface area contributed by atoms with E-state index >= 15 is 0 Å². The van der Waals surface area contributed by atoms with Crippen LogP contribution in [0.3, 0.4) is 0 Å². The lowest BCUT2D eigenvalue weighted by Crippen LogP contribution is -2.21. The highest BCUT2D eigenvalue weighted by Crippen LogP contribution is 2.26. The van der Waals surface area contributed by atoms with E-state index in [1.54, 1.807) is 6.92 Å². The van der Waals surface area contributed by atoms with Gasteiger partial charge in [-0.2, -0.15) is 0 Å². The van der Waals surface area contributed by atoms with E-state index in [2.05, 4.69) is 37.2 Å². The summed E-state index contributed by atoms with van der Waals surface area (Å²) >= 11 is 12.3. The zero-order chi connectivity index (χ0) is 11.4. The molecule has 1 rings (SSSR count). The third kappa shape index (κ3) is 3.78. The van der Waals surface area contributed by atoms with Gasteiger partial charge in [0.15, 0.2) is 0 Å². The number of halogens is 3. The lowest BCUT2D eigenvalue weighted by Gasteiger charge is -2.10. The predicted octanol–water partition coefficient (Wildman–Crippen LogP) is 4.03. The van der Waals surface area contributed by atoms with Crippen LogP contribution in [0.25, 0.3) is 0 Å². The van der Waals surface area contributed by atoms with Gasteiger partial charge in [-0.1, -0.05) is 22.9 Å². The quantitative estimate of drug-likeness (QED) is 0.815. The molecule has 0 saturated heterocycles. The van der Waals surface area contributed by atoms with Crippen molar-refractivity contribution in [3.63, 3.8) is 0 Å². The summed E-state index contributed by atoms with van der Waals surface area (Å²) in [7, 11) is 0. The van der Waals surface area contributed by atoms with Crippen LogP contribution in [-0.2, 0) is 4.79 Å². The number of rotatable bonds is 3. The van der Waals surface area contributed by atoms with E-state index in [0.717, 1.165) is 14.6 Å². The largest absolute Gasteiger partial charge is 0.325 e. The summed E-state index contributed by atoms with van der Waals surface area (Å²) in [6, 6.07) is 5.60. The molecular formula is C10H10Br2ClNO. The highest BCUT2D eigenvalue weighted by molar-refractivity contribution is 9.11. The SMILES string of the molecule is CC(CCl)C(=O)Nc1cc(Br)ccc1Br. The van der Waals surface area contributed by atoms with Gasteiger partial charge in [-0.05, 0) is 34.1 Å². The Morgan fingerprint density at radius 3 is 2.80 bits per heavy atom. The molecule has 2 nitrogen and oxygen atoms in total. The number of alkyl halides is 1. The molecule has 1 amide bonds. The molecular weight excluding hydrogens is 345 g/mol. The standard InChI is InChI=1S/C10H10Br2ClNO/c1-6(5-13)10(15)14-9-4-7(11)2-3-8(9)12/h2-4,6H,5H2,1H3,(H,14,15). The van der Waals surface area contributed by atoms with Crippen LogP contribution < -0.4 is 5.32 Å². The lowest BCUT2D eigenvalue weighted by atomic mass is 10.2. The fourth-order valence-electron chi connectivity index (χ4n) is 0.919. The van der Waals surface area contributed by atoms with E-state index in [-0.39, 0.29) is 11.8 Å². The van der Waals surface area contributed by atoms with Gasteiger partial charge in [-0.25, -0.2) is 0 Å². The number of carbonyl (C=O) groups excluding carboxylic acids is 1. The van der Waals surface area contributed by atoms with Crippen LogP contribution in [0.5, 0.6) is 0 Å². The molecule has 0 saturated carbocycles. The monoisotopic (exact) mass is 353 g/mol. The first-order valence-electron chi connectivity index (χ1n) is 4.36. The molecule has 15 heavy (non-hydrogen) atoms. The zero-order valence-electron chi connectivity index (χ0n) is 8.06. The molecule has 1 aromatic rings. The van der Waals surface area contributed by atoms with E-state index in [1.807, 2.05) is 18.2 Å². The molecule has 0 bridgehead atoms. The van der Waals surface area contributed by atoms with E-state index in [9.17, 15) is 4.79 Å². The summed E-state index contributed by atoms with van der Waals surface area (Å²) in [4.78, 5) is 11.6. The van der Waals surface area contributed by atoms with Gasteiger partial charge < -0.3 is 5.32 Å². The Labute approximate surface area is 111 Å². The maximum absolute atomic E-state index is 11.6. The topological polar surface area (TPSA) is 29.1 Å². The number of benzene rings is 1. The summed E-state index contributed by atoms with van der Waals surface area (Å²) in [5, 5.41) is 2.80. The third-order valence-corrected chi connectivity index (χ3v) is 3.51. The smallest absolute Gasteiger partial charge is 0.228 e. The first-order chi connectivity index (χ1) is 7.04. The average molecular weight is 355 g/mol. The minimum atomic E-state index is -0.197. The van der Waals surface area contributed by atoms with Gasteiger partial charge in [0.25, 0.3) is 0 Å². The van der Waals surface area contributed by atoms with Gasteiger partial charge in [0, 0.05) is 20.7 Å². The Kier molecular flexibility index (Phi) is 5.09. The molecule has 1 N–H and O–H groups in total. The highest BCUT2D eigenvalue weighted by Gasteiger charge is 2.12. The van der Waals surface area contributed by atoms with Gasteiger partial charge in [0.2, 0.25) is 5.91 Å². The lowest BCUT2D eigenvalue weighted by molar-refractivity contribution is -0.118. The van der Waals surface area contributed by atoms with Crippen LogP contribution in [0.4, 0.5) is 5.69 Å². The first-order valence-corrected chi connectivity index (χ1v) is 6.48. The van der Waals surface area contributed by atoms with Gasteiger partial charge in [-0.15, -0.1) is 11.6 Å². The molecule has 1 aromatic carbocycles. The molecule has 1 atom stereocenters. The Hall–Kier alpha value is -0.0600. The number of hydrogen-bond acceptors (Lipinski definition) is 1. The van der Waals surface area contributed by atoms with Gasteiger partial charge in [-0.3, -0.25) is 4.79 Å². The highest BCUT2D eigenvalue weighted by atomic mass is 79.9. The third-order valence-electron chi connectivity index (χ3n) is 1.87. The van der Waals surface area contributed by atoms with Crippen molar-refractivity contribution in [1.29, 1.82) is 0 Å². The molecule has 0 fully saturated rings. The maximum Gasteiger partial charge on any atom is 0.228 e. The Bertz CT molecular complexity index is 370. The zero-order valence-corrected chi connectivity index (χ0v) is 12.0. The van der Waals surface area contributed by atoms with Crippen LogP contribution >= 0.6 is 43.5 Å². The van der Waals surface area contributed by atoms with Crippen LogP contribution in [0, 0.1) is 5.92 Å². The molecule has 1 unspecified atom stereocenters. The van der Waals surface area contributed by atoms with Crippen molar-refractivity contribution in [2.45, 2.75) is 6.92 Å². The normalized spacial score (nSPS) is 12.3. The maximum atomic E-state index is 11.6. The molecule has 82 valence electrons. The van der Waals surface area contributed by atoms with Crippen molar-refractivity contribution in [2.75, 3.05) is 11.2 Å². The van der Waals surface area contributed by atoms with Crippen molar-refractivity contribution in [3.05, 3.63) is 27.1 Å². The van der Waals surface area contributed by atoms with Crippen LogP contribution in [0.15, 0.2) is 27.1 Å². The predicted molar refractivity (Wildman–Crippen MR) is 70.4 cm³/mol. The second-order valence-electron chi connectivity index (χ2n) is 3.17. The van der Waals surface area contributed by atoms with Crippen molar-refractivity contribution in [2.24, 2.45) is 5.92 Å². The van der Waals surface area contributed by atoms with Gasteiger partial charge >= 0.3 is 0 Å². The number of carbonyl (C=O) groups is 1. The minimum Gasteiger partial charge on any atom is -0.325 e. The molecule has 0 aromatic heterocycles. The van der Waals surface area contributed by atoms with Crippen LogP contribution in [0.2, 0.25) is 0 Å².